The van der Waals surface area contributed by atoms with Crippen LogP contribution in [0.25, 0.3) is 11.3 Å². The van der Waals surface area contributed by atoms with E-state index in [2.05, 4.69) is 25.5 Å². The highest BCUT2D eigenvalue weighted by Crippen LogP contribution is 2.23. The number of aromatic nitrogens is 6. The summed E-state index contributed by atoms with van der Waals surface area (Å²) in [7, 11) is 0. The average Bonchev–Trinajstić information content (AvgIpc) is 3.03. The SMILES string of the molecule is O=c1[nH]nc(Cn2cc(-c3ccc(F)c(Cl)c3)nn2)[nH]1. The first-order valence-electron chi connectivity index (χ1n) is 5.61. The first kappa shape index (κ1) is 12.5. The van der Waals surface area contributed by atoms with Crippen LogP contribution in [0, 0.1) is 5.82 Å². The molecule has 0 saturated carbocycles. The van der Waals surface area contributed by atoms with E-state index in [0.29, 0.717) is 17.1 Å². The third-order valence-corrected chi connectivity index (χ3v) is 2.91. The molecule has 0 atom stereocenters. The molecule has 0 aliphatic rings. The largest absolute Gasteiger partial charge is 0.340 e. The number of nitrogens with zero attached hydrogens (tertiary/aromatic N) is 4. The highest BCUT2D eigenvalue weighted by Gasteiger charge is 2.08. The number of H-pyrrole nitrogens is 2. The monoisotopic (exact) mass is 294 g/mol. The Morgan fingerprint density at radius 3 is 2.95 bits per heavy atom. The highest BCUT2D eigenvalue weighted by molar-refractivity contribution is 6.31. The lowest BCUT2D eigenvalue weighted by Crippen LogP contribution is -2.05. The average molecular weight is 295 g/mol. The van der Waals surface area contributed by atoms with Gasteiger partial charge in [-0.1, -0.05) is 16.8 Å². The summed E-state index contributed by atoms with van der Waals surface area (Å²) >= 11 is 5.72. The third kappa shape index (κ3) is 2.45. The van der Waals surface area contributed by atoms with Crippen molar-refractivity contribution in [3.8, 4) is 11.3 Å². The summed E-state index contributed by atoms with van der Waals surface area (Å²) in [5.41, 5.74) is 0.814. The molecule has 0 unspecified atom stereocenters. The van der Waals surface area contributed by atoms with Crippen molar-refractivity contribution in [3.05, 3.63) is 51.5 Å². The molecule has 102 valence electrons. The smallest absolute Gasteiger partial charge is 0.291 e. The second-order valence-electron chi connectivity index (χ2n) is 4.05. The Balaban J connectivity index is 1.86. The molecular weight excluding hydrogens is 287 g/mol. The van der Waals surface area contributed by atoms with Crippen LogP contribution in [-0.2, 0) is 6.54 Å². The van der Waals surface area contributed by atoms with Gasteiger partial charge in [0.1, 0.15) is 18.1 Å². The lowest BCUT2D eigenvalue weighted by molar-refractivity contribution is 0.626. The maximum atomic E-state index is 13.1. The predicted octanol–water partition coefficient (Wildman–Crippen LogP) is 1.20. The van der Waals surface area contributed by atoms with E-state index in [4.69, 9.17) is 11.6 Å². The number of rotatable bonds is 3. The van der Waals surface area contributed by atoms with Gasteiger partial charge in [-0.25, -0.2) is 19.0 Å². The van der Waals surface area contributed by atoms with Gasteiger partial charge < -0.3 is 0 Å². The Labute approximate surface area is 116 Å². The number of aromatic amines is 2. The quantitative estimate of drug-likeness (QED) is 0.759. The van der Waals surface area contributed by atoms with E-state index in [1.54, 1.807) is 12.3 Å². The highest BCUT2D eigenvalue weighted by atomic mass is 35.5. The molecule has 7 nitrogen and oxygen atoms in total. The minimum atomic E-state index is -0.489. The van der Waals surface area contributed by atoms with Crippen LogP contribution in [0.5, 0.6) is 0 Å². The summed E-state index contributed by atoms with van der Waals surface area (Å²) in [6.45, 7) is 0.265. The predicted molar refractivity (Wildman–Crippen MR) is 68.7 cm³/mol. The van der Waals surface area contributed by atoms with Crippen molar-refractivity contribution >= 4 is 11.6 Å². The van der Waals surface area contributed by atoms with Crippen molar-refractivity contribution in [2.45, 2.75) is 6.54 Å². The molecular formula is C11H8ClFN6O. The Bertz CT molecular complexity index is 807. The summed E-state index contributed by atoms with van der Waals surface area (Å²) in [6.07, 6.45) is 1.65. The summed E-state index contributed by atoms with van der Waals surface area (Å²) < 4.78 is 14.6. The van der Waals surface area contributed by atoms with Crippen LogP contribution in [0.4, 0.5) is 4.39 Å². The molecule has 0 fully saturated rings. The lowest BCUT2D eigenvalue weighted by Gasteiger charge is -1.98. The molecule has 0 saturated heterocycles. The first-order valence-corrected chi connectivity index (χ1v) is 5.99. The Morgan fingerprint density at radius 1 is 1.40 bits per heavy atom. The second-order valence-corrected chi connectivity index (χ2v) is 4.46. The topological polar surface area (TPSA) is 92.2 Å². The van der Waals surface area contributed by atoms with Crippen molar-refractivity contribution in [2.24, 2.45) is 0 Å². The lowest BCUT2D eigenvalue weighted by atomic mass is 10.2. The minimum absolute atomic E-state index is 0.0219. The maximum Gasteiger partial charge on any atom is 0.340 e. The third-order valence-electron chi connectivity index (χ3n) is 2.62. The molecule has 2 aromatic heterocycles. The molecule has 3 rings (SSSR count). The summed E-state index contributed by atoms with van der Waals surface area (Å²) in [6, 6.07) is 4.30. The normalized spacial score (nSPS) is 10.9. The van der Waals surface area contributed by atoms with Crippen LogP contribution in [0.2, 0.25) is 5.02 Å². The zero-order valence-corrected chi connectivity index (χ0v) is 10.7. The van der Waals surface area contributed by atoms with Crippen LogP contribution in [-0.4, -0.2) is 30.2 Å². The van der Waals surface area contributed by atoms with Gasteiger partial charge in [-0.05, 0) is 18.2 Å². The van der Waals surface area contributed by atoms with E-state index in [9.17, 15) is 9.18 Å². The van der Waals surface area contributed by atoms with Crippen LogP contribution in [0.3, 0.4) is 0 Å². The van der Waals surface area contributed by atoms with E-state index in [-0.39, 0.29) is 17.3 Å². The van der Waals surface area contributed by atoms with Crippen LogP contribution in [0.15, 0.2) is 29.2 Å². The van der Waals surface area contributed by atoms with Gasteiger partial charge in [0, 0.05) is 5.56 Å². The van der Waals surface area contributed by atoms with Crippen molar-refractivity contribution < 1.29 is 4.39 Å². The van der Waals surface area contributed by atoms with Crippen molar-refractivity contribution in [3.63, 3.8) is 0 Å². The molecule has 20 heavy (non-hydrogen) atoms. The summed E-state index contributed by atoms with van der Waals surface area (Å²) in [5, 5.41) is 13.9. The molecule has 0 aliphatic carbocycles. The summed E-state index contributed by atoms with van der Waals surface area (Å²) in [4.78, 5) is 13.4. The molecule has 3 aromatic rings. The zero-order chi connectivity index (χ0) is 14.1. The Kier molecular flexibility index (Phi) is 3.07. The molecule has 0 spiro atoms. The second kappa shape index (κ2) is 4.89. The number of hydrogen-bond donors (Lipinski definition) is 2. The molecule has 0 radical (unpaired) electrons. The Hall–Kier alpha value is -2.48. The van der Waals surface area contributed by atoms with Gasteiger partial charge in [-0.3, -0.25) is 4.98 Å². The van der Waals surface area contributed by atoms with Gasteiger partial charge in [0.2, 0.25) is 0 Å². The van der Waals surface area contributed by atoms with Crippen LogP contribution in [0.1, 0.15) is 5.82 Å². The van der Waals surface area contributed by atoms with Gasteiger partial charge in [0.05, 0.1) is 11.2 Å². The standard InChI is InChI=1S/C11H8ClFN6O/c12-7-3-6(1-2-8(7)13)9-4-19(18-15-9)5-10-14-11(20)17-16-10/h1-4H,5H2,(H2,14,16,17,20). The molecule has 0 bridgehead atoms. The van der Waals surface area contributed by atoms with E-state index < -0.39 is 5.82 Å². The maximum absolute atomic E-state index is 13.1. The molecule has 0 aliphatic heterocycles. The fourth-order valence-electron chi connectivity index (χ4n) is 1.70. The first-order chi connectivity index (χ1) is 9.61. The molecule has 0 amide bonds. The fourth-order valence-corrected chi connectivity index (χ4v) is 1.88. The van der Waals surface area contributed by atoms with Crippen molar-refractivity contribution in [2.75, 3.05) is 0 Å². The number of benzene rings is 1. The van der Waals surface area contributed by atoms with Crippen molar-refractivity contribution in [1.29, 1.82) is 0 Å². The van der Waals surface area contributed by atoms with Crippen molar-refractivity contribution in [1.82, 2.24) is 30.2 Å². The number of nitrogens with one attached hydrogen (secondary N) is 2. The minimum Gasteiger partial charge on any atom is -0.291 e. The van der Waals surface area contributed by atoms with E-state index >= 15 is 0 Å². The van der Waals surface area contributed by atoms with Gasteiger partial charge in [-0.15, -0.1) is 5.10 Å². The summed E-state index contributed by atoms with van der Waals surface area (Å²) in [5.74, 6) is -0.0551. The molecule has 9 heteroatoms. The fraction of sp³-hybridized carbons (Fsp3) is 0.0909. The van der Waals surface area contributed by atoms with E-state index in [1.165, 1.54) is 16.8 Å². The number of halogens is 2. The number of hydrogen-bond acceptors (Lipinski definition) is 4. The van der Waals surface area contributed by atoms with Gasteiger partial charge in [-0.2, -0.15) is 5.10 Å². The molecule has 2 heterocycles. The molecule has 1 aromatic carbocycles. The van der Waals surface area contributed by atoms with Gasteiger partial charge in [0.25, 0.3) is 0 Å². The van der Waals surface area contributed by atoms with E-state index in [1.807, 2.05) is 0 Å². The van der Waals surface area contributed by atoms with Crippen LogP contribution < -0.4 is 5.69 Å². The molecule has 2 N–H and O–H groups in total. The zero-order valence-electron chi connectivity index (χ0n) is 9.97. The van der Waals surface area contributed by atoms with Crippen LogP contribution >= 0.6 is 11.6 Å². The van der Waals surface area contributed by atoms with E-state index in [0.717, 1.165) is 0 Å². The van der Waals surface area contributed by atoms with Gasteiger partial charge in [0.15, 0.2) is 5.82 Å². The van der Waals surface area contributed by atoms with Gasteiger partial charge >= 0.3 is 5.69 Å². The Morgan fingerprint density at radius 2 is 2.25 bits per heavy atom.